The van der Waals surface area contributed by atoms with Gasteiger partial charge in [-0.2, -0.15) is 0 Å². The second kappa shape index (κ2) is 9.52. The van der Waals surface area contributed by atoms with Gasteiger partial charge in [-0.1, -0.05) is 18.2 Å². The molecule has 1 aromatic heterocycles. The highest BCUT2D eigenvalue weighted by Gasteiger charge is 2.45. The largest absolute Gasteiger partial charge is 0.497 e. The van der Waals surface area contributed by atoms with E-state index >= 15 is 0 Å². The second-order valence-electron chi connectivity index (χ2n) is 7.01. The lowest BCUT2D eigenvalue weighted by atomic mass is 9.92. The number of hydrogen-bond donors (Lipinski definition) is 1. The average Bonchev–Trinajstić information content (AvgIpc) is 3.09. The third kappa shape index (κ3) is 4.56. The zero-order chi connectivity index (χ0) is 20.8. The number of hydrogen-bond acceptors (Lipinski definition) is 5. The van der Waals surface area contributed by atoms with E-state index in [0.717, 1.165) is 17.0 Å². The number of aliphatic hydroxyl groups is 1. The molecule has 1 aliphatic heterocycles. The molecule has 154 valence electrons. The van der Waals surface area contributed by atoms with Crippen LogP contribution in [0, 0.1) is 5.92 Å². The van der Waals surface area contributed by atoms with Crippen LogP contribution in [0.1, 0.15) is 30.6 Å². The molecular formula is C22H27N3O4. The Morgan fingerprint density at radius 2 is 2.03 bits per heavy atom. The summed E-state index contributed by atoms with van der Waals surface area (Å²) < 4.78 is 5.23. The molecule has 0 saturated carbocycles. The average molecular weight is 397 g/mol. The van der Waals surface area contributed by atoms with Crippen LogP contribution in [0.15, 0.2) is 48.7 Å². The zero-order valence-electron chi connectivity index (χ0n) is 16.8. The molecule has 7 nitrogen and oxygen atoms in total. The quantitative estimate of drug-likeness (QED) is 0.737. The second-order valence-corrected chi connectivity index (χ2v) is 7.01. The van der Waals surface area contributed by atoms with E-state index in [1.165, 1.54) is 0 Å². The Hall–Kier alpha value is -2.93. The molecule has 0 unspecified atom stereocenters. The Morgan fingerprint density at radius 1 is 1.28 bits per heavy atom. The number of ether oxygens (including phenoxy) is 1. The van der Waals surface area contributed by atoms with Crippen LogP contribution in [0.4, 0.5) is 0 Å². The molecule has 1 aromatic carbocycles. The number of rotatable bonds is 8. The Morgan fingerprint density at radius 3 is 2.62 bits per heavy atom. The summed E-state index contributed by atoms with van der Waals surface area (Å²) in [4.78, 5) is 33.7. The number of amides is 2. The van der Waals surface area contributed by atoms with Gasteiger partial charge in [-0.15, -0.1) is 0 Å². The lowest BCUT2D eigenvalue weighted by molar-refractivity contribution is -0.137. The van der Waals surface area contributed by atoms with E-state index in [0.29, 0.717) is 13.1 Å². The van der Waals surface area contributed by atoms with Crippen molar-refractivity contribution >= 4 is 11.8 Å². The molecule has 0 bridgehead atoms. The van der Waals surface area contributed by atoms with Crippen LogP contribution in [-0.4, -0.2) is 58.5 Å². The van der Waals surface area contributed by atoms with Crippen LogP contribution in [-0.2, 0) is 16.1 Å². The molecule has 0 aliphatic carbocycles. The molecule has 2 atom stereocenters. The predicted octanol–water partition coefficient (Wildman–Crippen LogP) is 2.02. The molecule has 29 heavy (non-hydrogen) atoms. The molecule has 1 aliphatic rings. The Bertz CT molecular complexity index is 826. The molecule has 2 amide bonds. The van der Waals surface area contributed by atoms with Gasteiger partial charge in [0.05, 0.1) is 37.9 Å². The van der Waals surface area contributed by atoms with Crippen molar-refractivity contribution in [3.05, 3.63) is 59.9 Å². The Balaban J connectivity index is 1.89. The highest BCUT2D eigenvalue weighted by Crippen LogP contribution is 2.39. The van der Waals surface area contributed by atoms with Crippen LogP contribution in [0.5, 0.6) is 5.75 Å². The molecule has 0 spiro atoms. The molecular weight excluding hydrogens is 370 g/mol. The first kappa shape index (κ1) is 20.8. The fourth-order valence-electron chi connectivity index (χ4n) is 3.91. The first-order chi connectivity index (χ1) is 14.1. The van der Waals surface area contributed by atoms with Crippen LogP contribution in [0.25, 0.3) is 0 Å². The molecule has 7 heteroatoms. The van der Waals surface area contributed by atoms with Crippen molar-refractivity contribution < 1.29 is 19.4 Å². The number of aromatic nitrogens is 1. The fourth-order valence-corrected chi connectivity index (χ4v) is 3.91. The van der Waals surface area contributed by atoms with Gasteiger partial charge in [0.2, 0.25) is 11.8 Å². The third-order valence-electron chi connectivity index (χ3n) is 5.31. The van der Waals surface area contributed by atoms with E-state index in [1.54, 1.807) is 23.1 Å². The number of nitrogens with zero attached hydrogens (tertiary/aromatic N) is 3. The number of aliphatic hydroxyl groups excluding tert-OH is 1. The summed E-state index contributed by atoms with van der Waals surface area (Å²) in [7, 11) is 1.60. The minimum atomic E-state index is -0.508. The maximum atomic E-state index is 13.4. The normalized spacial score (nSPS) is 18.7. The van der Waals surface area contributed by atoms with E-state index in [2.05, 4.69) is 4.98 Å². The van der Waals surface area contributed by atoms with Crippen molar-refractivity contribution in [2.45, 2.75) is 25.9 Å². The molecule has 2 aromatic rings. The topological polar surface area (TPSA) is 83.0 Å². The van der Waals surface area contributed by atoms with Gasteiger partial charge in [-0.25, -0.2) is 0 Å². The number of methoxy groups -OCH3 is 1. The van der Waals surface area contributed by atoms with Crippen LogP contribution in [0.3, 0.4) is 0 Å². The van der Waals surface area contributed by atoms with Crippen molar-refractivity contribution in [2.24, 2.45) is 5.92 Å². The van der Waals surface area contributed by atoms with Gasteiger partial charge in [0.1, 0.15) is 5.75 Å². The summed E-state index contributed by atoms with van der Waals surface area (Å²) in [5.41, 5.74) is 1.64. The Kier molecular flexibility index (Phi) is 6.82. The smallest absolute Gasteiger partial charge is 0.229 e. The number of pyridine rings is 1. The first-order valence-electron chi connectivity index (χ1n) is 9.82. The van der Waals surface area contributed by atoms with E-state index < -0.39 is 5.92 Å². The van der Waals surface area contributed by atoms with Crippen molar-refractivity contribution in [1.82, 2.24) is 14.8 Å². The number of carbonyl (C=O) groups excluding carboxylic acids is 2. The van der Waals surface area contributed by atoms with Gasteiger partial charge >= 0.3 is 0 Å². The number of benzene rings is 1. The molecule has 3 rings (SSSR count). The SMILES string of the molecule is CCN1C(=O)C[C@@H](C(=O)N(CCO)Cc2ccccn2)[C@@H]1c1ccc(OC)cc1. The van der Waals surface area contributed by atoms with Crippen LogP contribution >= 0.6 is 0 Å². The highest BCUT2D eigenvalue weighted by atomic mass is 16.5. The molecule has 1 N–H and O–H groups in total. The van der Waals surface area contributed by atoms with Gasteiger partial charge < -0.3 is 19.6 Å². The van der Waals surface area contributed by atoms with Gasteiger partial charge in [0.25, 0.3) is 0 Å². The zero-order valence-corrected chi connectivity index (χ0v) is 16.8. The lowest BCUT2D eigenvalue weighted by Gasteiger charge is -2.31. The first-order valence-corrected chi connectivity index (χ1v) is 9.82. The van der Waals surface area contributed by atoms with Crippen molar-refractivity contribution in [3.63, 3.8) is 0 Å². The van der Waals surface area contributed by atoms with Gasteiger partial charge in [-0.3, -0.25) is 14.6 Å². The van der Waals surface area contributed by atoms with E-state index in [-0.39, 0.29) is 37.4 Å². The van der Waals surface area contributed by atoms with E-state index in [1.807, 2.05) is 49.4 Å². The summed E-state index contributed by atoms with van der Waals surface area (Å²) >= 11 is 0. The molecule has 2 heterocycles. The summed E-state index contributed by atoms with van der Waals surface area (Å²) in [5, 5.41) is 9.49. The maximum Gasteiger partial charge on any atom is 0.229 e. The summed E-state index contributed by atoms with van der Waals surface area (Å²) in [5.74, 6) is 0.0374. The number of likely N-dealkylation sites (tertiary alicyclic amines) is 1. The maximum absolute atomic E-state index is 13.4. The monoisotopic (exact) mass is 397 g/mol. The van der Waals surface area contributed by atoms with Crippen molar-refractivity contribution in [3.8, 4) is 5.75 Å². The van der Waals surface area contributed by atoms with E-state index in [4.69, 9.17) is 4.74 Å². The van der Waals surface area contributed by atoms with Crippen molar-refractivity contribution in [2.75, 3.05) is 26.8 Å². The van der Waals surface area contributed by atoms with Gasteiger partial charge in [-0.05, 0) is 36.8 Å². The van der Waals surface area contributed by atoms with Gasteiger partial charge in [0, 0.05) is 25.7 Å². The lowest BCUT2D eigenvalue weighted by Crippen LogP contribution is -2.40. The summed E-state index contributed by atoms with van der Waals surface area (Å²) in [6.07, 6.45) is 1.84. The van der Waals surface area contributed by atoms with Crippen molar-refractivity contribution in [1.29, 1.82) is 0 Å². The summed E-state index contributed by atoms with van der Waals surface area (Å²) in [6.45, 7) is 2.79. The third-order valence-corrected chi connectivity index (χ3v) is 5.31. The van der Waals surface area contributed by atoms with Crippen LogP contribution in [0.2, 0.25) is 0 Å². The minimum absolute atomic E-state index is 0.0338. The molecule has 0 radical (unpaired) electrons. The van der Waals surface area contributed by atoms with E-state index in [9.17, 15) is 14.7 Å². The molecule has 1 fully saturated rings. The molecule has 1 saturated heterocycles. The fraction of sp³-hybridized carbons (Fsp3) is 0.409. The highest BCUT2D eigenvalue weighted by molar-refractivity contribution is 5.90. The number of carbonyl (C=O) groups is 2. The standard InChI is InChI=1S/C22H27N3O4/c1-3-25-20(27)14-19(21(25)16-7-9-18(29-2)10-8-16)22(28)24(12-13-26)15-17-6-4-5-11-23-17/h4-11,19,21,26H,3,12-15H2,1-2H3/t19-,21+/m1/s1. The predicted molar refractivity (Wildman–Crippen MR) is 108 cm³/mol. The van der Waals surface area contributed by atoms with Gasteiger partial charge in [0.15, 0.2) is 0 Å². The minimum Gasteiger partial charge on any atom is -0.497 e. The Labute approximate surface area is 170 Å². The summed E-state index contributed by atoms with van der Waals surface area (Å²) in [6, 6.07) is 12.7. The van der Waals surface area contributed by atoms with Crippen LogP contribution < -0.4 is 4.74 Å².